The summed E-state index contributed by atoms with van der Waals surface area (Å²) in [6.45, 7) is 2.60. The van der Waals surface area contributed by atoms with Crippen molar-refractivity contribution >= 4 is 23.7 Å². The van der Waals surface area contributed by atoms with Crippen molar-refractivity contribution in [2.24, 2.45) is 5.73 Å². The molecule has 0 bridgehead atoms. The van der Waals surface area contributed by atoms with Gasteiger partial charge in [-0.15, -0.1) is 23.7 Å². The molecule has 15 heavy (non-hydrogen) atoms. The Labute approximate surface area is 99.6 Å². The van der Waals surface area contributed by atoms with E-state index in [0.29, 0.717) is 6.54 Å². The predicted molar refractivity (Wildman–Crippen MR) is 67.4 cm³/mol. The third kappa shape index (κ3) is 2.78. The summed E-state index contributed by atoms with van der Waals surface area (Å²) in [7, 11) is 0. The molecule has 2 aromatic rings. The summed E-state index contributed by atoms with van der Waals surface area (Å²) in [5.74, 6) is 0. The van der Waals surface area contributed by atoms with E-state index in [1.54, 1.807) is 11.3 Å². The molecular formula is C11H13ClN2S. The molecule has 1 heterocycles. The van der Waals surface area contributed by atoms with Crippen LogP contribution in [0.15, 0.2) is 29.6 Å². The molecule has 0 saturated heterocycles. The number of aromatic nitrogens is 1. The molecule has 0 amide bonds. The van der Waals surface area contributed by atoms with Gasteiger partial charge in [-0.25, -0.2) is 4.98 Å². The zero-order valence-electron chi connectivity index (χ0n) is 8.43. The van der Waals surface area contributed by atoms with Crippen LogP contribution in [0.2, 0.25) is 0 Å². The Morgan fingerprint density at radius 1 is 1.40 bits per heavy atom. The topological polar surface area (TPSA) is 38.9 Å². The smallest absolute Gasteiger partial charge is 0.123 e. The number of hydrogen-bond acceptors (Lipinski definition) is 3. The first-order chi connectivity index (χ1) is 6.79. The van der Waals surface area contributed by atoms with Crippen LogP contribution in [0.3, 0.4) is 0 Å². The Kier molecular flexibility index (Phi) is 4.27. The van der Waals surface area contributed by atoms with E-state index in [9.17, 15) is 0 Å². The number of aryl methyl sites for hydroxylation is 1. The molecule has 0 aliphatic rings. The quantitative estimate of drug-likeness (QED) is 0.877. The van der Waals surface area contributed by atoms with Crippen molar-refractivity contribution in [1.82, 2.24) is 4.98 Å². The lowest BCUT2D eigenvalue weighted by molar-refractivity contribution is 1.01. The first-order valence-electron chi connectivity index (χ1n) is 4.51. The van der Waals surface area contributed by atoms with Gasteiger partial charge in [-0.2, -0.15) is 0 Å². The minimum Gasteiger partial charge on any atom is -0.325 e. The average molecular weight is 241 g/mol. The molecule has 80 valence electrons. The first-order valence-corrected chi connectivity index (χ1v) is 5.39. The van der Waals surface area contributed by atoms with Gasteiger partial charge >= 0.3 is 0 Å². The van der Waals surface area contributed by atoms with Gasteiger partial charge in [0.15, 0.2) is 0 Å². The minimum absolute atomic E-state index is 0. The van der Waals surface area contributed by atoms with E-state index >= 15 is 0 Å². The molecule has 2 N–H and O–H groups in total. The van der Waals surface area contributed by atoms with Crippen molar-refractivity contribution in [3.63, 3.8) is 0 Å². The van der Waals surface area contributed by atoms with E-state index in [1.165, 1.54) is 11.1 Å². The van der Waals surface area contributed by atoms with E-state index in [4.69, 9.17) is 5.73 Å². The minimum atomic E-state index is 0. The van der Waals surface area contributed by atoms with Gasteiger partial charge in [-0.05, 0) is 13.0 Å². The number of nitrogens with two attached hydrogens (primary N) is 1. The van der Waals surface area contributed by atoms with Gasteiger partial charge in [0, 0.05) is 17.5 Å². The van der Waals surface area contributed by atoms with Crippen LogP contribution >= 0.6 is 23.7 Å². The number of halogens is 1. The van der Waals surface area contributed by atoms with Crippen LogP contribution in [0.4, 0.5) is 0 Å². The maximum Gasteiger partial charge on any atom is 0.123 e. The van der Waals surface area contributed by atoms with Crippen molar-refractivity contribution in [2.75, 3.05) is 0 Å². The molecule has 4 heteroatoms. The van der Waals surface area contributed by atoms with Crippen molar-refractivity contribution in [2.45, 2.75) is 13.5 Å². The van der Waals surface area contributed by atoms with Crippen molar-refractivity contribution < 1.29 is 0 Å². The van der Waals surface area contributed by atoms with Crippen molar-refractivity contribution in [3.05, 3.63) is 40.9 Å². The lowest BCUT2D eigenvalue weighted by Crippen LogP contribution is -1.95. The summed E-state index contributed by atoms with van der Waals surface area (Å²) < 4.78 is 0. The van der Waals surface area contributed by atoms with Gasteiger partial charge in [-0.3, -0.25) is 0 Å². The van der Waals surface area contributed by atoms with Crippen LogP contribution in [-0.2, 0) is 6.54 Å². The number of hydrogen-bond donors (Lipinski definition) is 1. The van der Waals surface area contributed by atoms with Gasteiger partial charge in [0.05, 0.1) is 5.69 Å². The number of thiazole rings is 1. The fourth-order valence-corrected chi connectivity index (χ4v) is 2.14. The van der Waals surface area contributed by atoms with E-state index in [-0.39, 0.29) is 12.4 Å². The third-order valence-electron chi connectivity index (χ3n) is 2.03. The summed E-state index contributed by atoms with van der Waals surface area (Å²) in [6, 6.07) is 8.35. The molecule has 0 aliphatic heterocycles. The maximum atomic E-state index is 5.52. The highest BCUT2D eigenvalue weighted by molar-refractivity contribution is 7.13. The highest BCUT2D eigenvalue weighted by Crippen LogP contribution is 2.23. The number of nitrogens with zero attached hydrogens (tertiary/aromatic N) is 1. The number of rotatable bonds is 2. The van der Waals surface area contributed by atoms with Gasteiger partial charge in [-0.1, -0.05) is 23.8 Å². The molecule has 1 aromatic heterocycles. The molecule has 0 aliphatic carbocycles. The summed E-state index contributed by atoms with van der Waals surface area (Å²) in [5.41, 5.74) is 8.91. The maximum absolute atomic E-state index is 5.52. The summed E-state index contributed by atoms with van der Waals surface area (Å²) >= 11 is 1.64. The molecule has 0 saturated carbocycles. The molecular weight excluding hydrogens is 228 g/mol. The second-order valence-corrected chi connectivity index (χ2v) is 4.08. The zero-order valence-corrected chi connectivity index (χ0v) is 10.1. The van der Waals surface area contributed by atoms with Crippen LogP contribution in [0.5, 0.6) is 0 Å². The molecule has 2 rings (SSSR count). The number of benzene rings is 1. The second kappa shape index (κ2) is 5.26. The fourth-order valence-electron chi connectivity index (χ4n) is 1.31. The molecule has 0 unspecified atom stereocenters. The Morgan fingerprint density at radius 2 is 2.20 bits per heavy atom. The van der Waals surface area contributed by atoms with Crippen LogP contribution < -0.4 is 5.73 Å². The Hall–Kier alpha value is -0.900. The molecule has 0 fully saturated rings. The Morgan fingerprint density at radius 3 is 2.80 bits per heavy atom. The van der Waals surface area contributed by atoms with Crippen molar-refractivity contribution in [1.29, 1.82) is 0 Å². The molecule has 2 nitrogen and oxygen atoms in total. The fraction of sp³-hybridized carbons (Fsp3) is 0.182. The zero-order chi connectivity index (χ0) is 9.97. The average Bonchev–Trinajstić information content (AvgIpc) is 2.66. The van der Waals surface area contributed by atoms with Gasteiger partial charge < -0.3 is 5.73 Å². The molecule has 0 atom stereocenters. The van der Waals surface area contributed by atoms with Crippen LogP contribution in [0.1, 0.15) is 11.3 Å². The molecule has 1 aromatic carbocycles. The normalized spacial score (nSPS) is 9.73. The first kappa shape index (κ1) is 12.2. The highest BCUT2D eigenvalue weighted by atomic mass is 35.5. The Balaban J connectivity index is 0.00000112. The van der Waals surface area contributed by atoms with Crippen LogP contribution in [0.25, 0.3) is 10.6 Å². The summed E-state index contributed by atoms with van der Waals surface area (Å²) in [4.78, 5) is 4.43. The van der Waals surface area contributed by atoms with Gasteiger partial charge in [0.2, 0.25) is 0 Å². The van der Waals surface area contributed by atoms with E-state index < -0.39 is 0 Å². The second-order valence-electron chi connectivity index (χ2n) is 3.22. The van der Waals surface area contributed by atoms with E-state index in [1.807, 2.05) is 11.4 Å². The molecule has 0 radical (unpaired) electrons. The highest BCUT2D eigenvalue weighted by Gasteiger charge is 2.02. The third-order valence-corrected chi connectivity index (χ3v) is 2.97. The largest absolute Gasteiger partial charge is 0.325 e. The van der Waals surface area contributed by atoms with Gasteiger partial charge in [0.1, 0.15) is 5.01 Å². The SMILES string of the molecule is Cc1cccc(-c2nc(CN)cs2)c1.Cl. The van der Waals surface area contributed by atoms with Crippen molar-refractivity contribution in [3.8, 4) is 10.6 Å². The van der Waals surface area contributed by atoms with Crippen LogP contribution in [0, 0.1) is 6.92 Å². The van der Waals surface area contributed by atoms with E-state index in [0.717, 1.165) is 10.7 Å². The van der Waals surface area contributed by atoms with Crippen LogP contribution in [-0.4, -0.2) is 4.98 Å². The predicted octanol–water partition coefficient (Wildman–Crippen LogP) is 3.00. The molecule has 0 spiro atoms. The van der Waals surface area contributed by atoms with E-state index in [2.05, 4.69) is 30.1 Å². The lowest BCUT2D eigenvalue weighted by Gasteiger charge is -1.97. The lowest BCUT2D eigenvalue weighted by atomic mass is 10.1. The Bertz CT molecular complexity index is 440. The monoisotopic (exact) mass is 240 g/mol. The van der Waals surface area contributed by atoms with Gasteiger partial charge in [0.25, 0.3) is 0 Å². The summed E-state index contributed by atoms with van der Waals surface area (Å²) in [6.07, 6.45) is 0. The standard InChI is InChI=1S/C11H12N2S.ClH/c1-8-3-2-4-9(5-8)11-13-10(6-12)7-14-11;/h2-5,7H,6,12H2,1H3;1H. The summed E-state index contributed by atoms with van der Waals surface area (Å²) in [5, 5.41) is 3.06.